The first-order chi connectivity index (χ1) is 9.52. The Morgan fingerprint density at radius 3 is 2.95 bits per heavy atom. The molecule has 0 heterocycles. The summed E-state index contributed by atoms with van der Waals surface area (Å²) < 4.78 is 0. The fraction of sp³-hybridized carbons (Fsp3) is 0.643. The number of carbonyl (C=O) groups is 1. The van der Waals surface area contributed by atoms with Crippen LogP contribution in [0.3, 0.4) is 0 Å². The number of nitrogens with one attached hydrogen (secondary N) is 1. The Kier molecular flexibility index (Phi) is 4.80. The number of allylic oxidation sites excluding steroid dienone is 1. The molecular formula is C14H21NO5. The van der Waals surface area contributed by atoms with E-state index < -0.39 is 24.8 Å². The van der Waals surface area contributed by atoms with E-state index in [1.54, 1.807) is 6.08 Å². The third-order valence-electron chi connectivity index (χ3n) is 3.96. The average Bonchev–Trinajstić information content (AvgIpc) is 2.64. The summed E-state index contributed by atoms with van der Waals surface area (Å²) in [6.45, 7) is 1.51. The van der Waals surface area contributed by atoms with Crippen LogP contribution in [0.5, 0.6) is 0 Å². The molecule has 4 N–H and O–H groups in total. The maximum atomic E-state index is 10.3. The first-order valence-electron chi connectivity index (χ1n) is 6.88. The standard InChI is InChI=1S/C14H21NO5/c1-2-8(16)3-4-9-10-5-12(11(10)6-13(9)17)15-20-7-14(18)19/h3-4,8-10,13,15-17H,2,5-7H2,1H3,(H,18,19)/t8?,9?,10-,13?/m0/s1. The third kappa shape index (κ3) is 3.20. The third-order valence-corrected chi connectivity index (χ3v) is 3.96. The van der Waals surface area contributed by atoms with Gasteiger partial charge in [0.15, 0.2) is 6.61 Å². The smallest absolute Gasteiger partial charge is 0.332 e. The molecule has 0 amide bonds. The van der Waals surface area contributed by atoms with E-state index in [0.29, 0.717) is 12.8 Å². The molecule has 0 spiro atoms. The van der Waals surface area contributed by atoms with Crippen LogP contribution in [-0.2, 0) is 9.63 Å². The summed E-state index contributed by atoms with van der Waals surface area (Å²) in [5, 5.41) is 28.1. The molecule has 6 nitrogen and oxygen atoms in total. The topological polar surface area (TPSA) is 99.0 Å². The Labute approximate surface area is 117 Å². The Bertz CT molecular complexity index is 431. The monoisotopic (exact) mass is 283 g/mol. The second-order valence-corrected chi connectivity index (χ2v) is 5.31. The average molecular weight is 283 g/mol. The number of carboxylic acids is 1. The number of aliphatic hydroxyl groups excluding tert-OH is 2. The van der Waals surface area contributed by atoms with E-state index in [9.17, 15) is 15.0 Å². The number of hydrogen-bond acceptors (Lipinski definition) is 5. The van der Waals surface area contributed by atoms with Crippen LogP contribution in [0, 0.1) is 11.8 Å². The molecule has 112 valence electrons. The molecule has 0 aromatic carbocycles. The van der Waals surface area contributed by atoms with Gasteiger partial charge in [-0.1, -0.05) is 19.1 Å². The van der Waals surface area contributed by atoms with Crippen LogP contribution < -0.4 is 5.48 Å². The number of aliphatic carboxylic acids is 1. The Morgan fingerprint density at radius 1 is 1.55 bits per heavy atom. The molecule has 4 atom stereocenters. The summed E-state index contributed by atoms with van der Waals surface area (Å²) in [4.78, 5) is 15.2. The van der Waals surface area contributed by atoms with Crippen LogP contribution in [0.15, 0.2) is 23.4 Å². The molecule has 1 saturated carbocycles. The highest BCUT2D eigenvalue weighted by atomic mass is 16.7. The zero-order valence-corrected chi connectivity index (χ0v) is 11.5. The largest absolute Gasteiger partial charge is 0.479 e. The Morgan fingerprint density at radius 2 is 2.30 bits per heavy atom. The normalized spacial score (nSPS) is 30.2. The molecule has 0 aromatic rings. The molecule has 0 aliphatic heterocycles. The maximum Gasteiger partial charge on any atom is 0.332 e. The number of carboxylic acid groups (broad SMARTS) is 1. The highest BCUT2D eigenvalue weighted by molar-refractivity contribution is 5.67. The Hall–Kier alpha value is -1.37. The predicted molar refractivity (Wildman–Crippen MR) is 71.4 cm³/mol. The van der Waals surface area contributed by atoms with Gasteiger partial charge in [0.05, 0.1) is 12.2 Å². The van der Waals surface area contributed by atoms with Gasteiger partial charge in [0, 0.05) is 11.6 Å². The van der Waals surface area contributed by atoms with Gasteiger partial charge >= 0.3 is 5.97 Å². The molecular weight excluding hydrogens is 262 g/mol. The number of hydroxylamine groups is 1. The van der Waals surface area contributed by atoms with Gasteiger partial charge in [0.2, 0.25) is 0 Å². The van der Waals surface area contributed by atoms with Crippen molar-refractivity contribution in [3.63, 3.8) is 0 Å². The van der Waals surface area contributed by atoms with E-state index in [4.69, 9.17) is 9.94 Å². The van der Waals surface area contributed by atoms with E-state index in [1.807, 2.05) is 13.0 Å². The Balaban J connectivity index is 1.91. The van der Waals surface area contributed by atoms with E-state index >= 15 is 0 Å². The predicted octanol–water partition coefficient (Wildman–Crippen LogP) is 0.574. The number of aliphatic hydroxyl groups is 2. The quantitative estimate of drug-likeness (QED) is 0.403. The van der Waals surface area contributed by atoms with E-state index in [1.165, 1.54) is 0 Å². The van der Waals surface area contributed by atoms with Gasteiger partial charge in [0.1, 0.15) is 0 Å². The zero-order valence-electron chi connectivity index (χ0n) is 11.5. The van der Waals surface area contributed by atoms with Crippen LogP contribution in [0.4, 0.5) is 0 Å². The van der Waals surface area contributed by atoms with Crippen molar-refractivity contribution in [2.45, 2.75) is 38.4 Å². The molecule has 0 radical (unpaired) electrons. The van der Waals surface area contributed by atoms with Crippen LogP contribution in [-0.4, -0.2) is 40.1 Å². The van der Waals surface area contributed by atoms with Gasteiger partial charge < -0.3 is 15.3 Å². The highest BCUT2D eigenvalue weighted by Gasteiger charge is 2.44. The number of rotatable bonds is 7. The van der Waals surface area contributed by atoms with Gasteiger partial charge in [-0.15, -0.1) is 0 Å². The summed E-state index contributed by atoms with van der Waals surface area (Å²) in [5.74, 6) is -0.739. The lowest BCUT2D eigenvalue weighted by Gasteiger charge is -2.31. The first kappa shape index (κ1) is 15.0. The van der Waals surface area contributed by atoms with E-state index in [-0.39, 0.29) is 11.8 Å². The maximum absolute atomic E-state index is 10.3. The van der Waals surface area contributed by atoms with Crippen LogP contribution >= 0.6 is 0 Å². The minimum absolute atomic E-state index is 0.0243. The van der Waals surface area contributed by atoms with Crippen molar-refractivity contribution >= 4 is 5.97 Å². The lowest BCUT2D eigenvalue weighted by atomic mass is 9.79. The SMILES string of the molecule is CCC(O)C=CC1C(O)CC2=C(NOCC(=O)O)C[C@H]21. The van der Waals surface area contributed by atoms with Crippen LogP contribution in [0.2, 0.25) is 0 Å². The summed E-state index contributed by atoms with van der Waals surface area (Å²) >= 11 is 0. The number of hydrogen-bond donors (Lipinski definition) is 4. The van der Waals surface area contributed by atoms with Gasteiger partial charge in [0.25, 0.3) is 0 Å². The second-order valence-electron chi connectivity index (χ2n) is 5.31. The fourth-order valence-electron chi connectivity index (χ4n) is 2.79. The van der Waals surface area contributed by atoms with Gasteiger partial charge in [-0.25, -0.2) is 4.79 Å². The molecule has 3 unspecified atom stereocenters. The molecule has 20 heavy (non-hydrogen) atoms. The van der Waals surface area contributed by atoms with Crippen LogP contribution in [0.25, 0.3) is 0 Å². The zero-order chi connectivity index (χ0) is 14.7. The van der Waals surface area contributed by atoms with Crippen LogP contribution in [0.1, 0.15) is 26.2 Å². The van der Waals surface area contributed by atoms with Crippen molar-refractivity contribution in [1.29, 1.82) is 0 Å². The summed E-state index contributed by atoms with van der Waals surface area (Å²) in [5.41, 5.74) is 4.63. The highest BCUT2D eigenvalue weighted by Crippen LogP contribution is 2.49. The molecule has 2 aliphatic rings. The molecule has 0 bridgehead atoms. The molecule has 0 saturated heterocycles. The van der Waals surface area contributed by atoms with Crippen molar-refractivity contribution in [3.8, 4) is 0 Å². The minimum atomic E-state index is -1.03. The second kappa shape index (κ2) is 6.39. The van der Waals surface area contributed by atoms with E-state index in [2.05, 4.69) is 5.48 Å². The van der Waals surface area contributed by atoms with Crippen molar-refractivity contribution in [2.24, 2.45) is 11.8 Å². The van der Waals surface area contributed by atoms with Crippen molar-refractivity contribution in [3.05, 3.63) is 23.4 Å². The lowest BCUT2D eigenvalue weighted by Crippen LogP contribution is -2.30. The first-order valence-corrected chi connectivity index (χ1v) is 6.88. The molecule has 2 aliphatic carbocycles. The van der Waals surface area contributed by atoms with E-state index in [0.717, 1.165) is 17.7 Å². The summed E-state index contributed by atoms with van der Waals surface area (Å²) in [6.07, 6.45) is 4.68. The van der Waals surface area contributed by atoms with Gasteiger partial charge in [-0.05, 0) is 30.8 Å². The number of fused-ring (bicyclic) bond motifs is 1. The molecule has 1 fully saturated rings. The van der Waals surface area contributed by atoms with Crippen molar-refractivity contribution < 1.29 is 25.0 Å². The summed E-state index contributed by atoms with van der Waals surface area (Å²) in [6, 6.07) is 0. The lowest BCUT2D eigenvalue weighted by molar-refractivity contribution is -0.144. The van der Waals surface area contributed by atoms with Crippen molar-refractivity contribution in [1.82, 2.24) is 5.48 Å². The van der Waals surface area contributed by atoms with Crippen molar-refractivity contribution in [2.75, 3.05) is 6.61 Å². The molecule has 6 heteroatoms. The fourth-order valence-corrected chi connectivity index (χ4v) is 2.79. The molecule has 2 rings (SSSR count). The summed E-state index contributed by atoms with van der Waals surface area (Å²) in [7, 11) is 0. The minimum Gasteiger partial charge on any atom is -0.479 e. The molecule has 0 aromatic heterocycles. The van der Waals surface area contributed by atoms with Gasteiger partial charge in [-0.2, -0.15) is 0 Å². The van der Waals surface area contributed by atoms with Gasteiger partial charge in [-0.3, -0.25) is 10.3 Å².